The molecule has 104 valence electrons. The van der Waals surface area contributed by atoms with Crippen LogP contribution >= 0.6 is 0 Å². The maximum atomic E-state index is 10.9. The minimum Gasteiger partial charge on any atom is -0.748 e. The Kier molecular flexibility index (Phi) is 13.7. The van der Waals surface area contributed by atoms with Crippen LogP contribution in [0.1, 0.15) is 65.2 Å². The first-order valence-electron chi connectivity index (χ1n) is 6.50. The number of hydrogen-bond acceptors (Lipinski definition) is 4. The largest absolute Gasteiger partial charge is 1.00 e. The van der Waals surface area contributed by atoms with Crippen molar-refractivity contribution in [2.24, 2.45) is 0 Å². The molecule has 0 radical (unpaired) electrons. The van der Waals surface area contributed by atoms with Gasteiger partial charge in [0.15, 0.2) is 0 Å². The SMILES string of the molecule is CCCC(CCCCCCC(C)O)S(=O)(=O)[O-].[Na+]. The molecule has 0 fully saturated rings. The number of aliphatic hydroxyl groups excluding tert-OH is 1. The smallest absolute Gasteiger partial charge is 0.748 e. The Balaban J connectivity index is 0. The molecule has 6 heteroatoms. The molecule has 0 aliphatic rings. The van der Waals surface area contributed by atoms with Gasteiger partial charge in [-0.05, 0) is 26.2 Å². The van der Waals surface area contributed by atoms with Crippen LogP contribution in [0.4, 0.5) is 0 Å². The van der Waals surface area contributed by atoms with Crippen molar-refractivity contribution in [1.82, 2.24) is 0 Å². The molecule has 0 saturated carbocycles. The van der Waals surface area contributed by atoms with Crippen LogP contribution in [0.3, 0.4) is 0 Å². The summed E-state index contributed by atoms with van der Waals surface area (Å²) in [5.41, 5.74) is 0. The van der Waals surface area contributed by atoms with Gasteiger partial charge in [-0.25, -0.2) is 8.42 Å². The van der Waals surface area contributed by atoms with E-state index in [0.29, 0.717) is 12.8 Å². The van der Waals surface area contributed by atoms with Gasteiger partial charge < -0.3 is 9.66 Å². The Bertz CT molecular complexity index is 278. The van der Waals surface area contributed by atoms with E-state index in [2.05, 4.69) is 0 Å². The third-order valence-electron chi connectivity index (χ3n) is 2.92. The zero-order valence-electron chi connectivity index (χ0n) is 11.9. The first-order valence-corrected chi connectivity index (χ1v) is 7.97. The second-order valence-corrected chi connectivity index (χ2v) is 6.40. The Morgan fingerprint density at radius 2 is 1.56 bits per heavy atom. The predicted octanol–water partition coefficient (Wildman–Crippen LogP) is -0.574. The zero-order chi connectivity index (χ0) is 13.3. The van der Waals surface area contributed by atoms with Crippen LogP contribution in [-0.2, 0) is 10.1 Å². The maximum absolute atomic E-state index is 10.9. The summed E-state index contributed by atoms with van der Waals surface area (Å²) in [7, 11) is -4.12. The van der Waals surface area contributed by atoms with E-state index >= 15 is 0 Å². The number of aliphatic hydroxyl groups is 1. The molecule has 0 amide bonds. The van der Waals surface area contributed by atoms with E-state index in [1.165, 1.54) is 0 Å². The van der Waals surface area contributed by atoms with Crippen molar-refractivity contribution >= 4 is 10.1 Å². The predicted molar refractivity (Wildman–Crippen MR) is 67.8 cm³/mol. The van der Waals surface area contributed by atoms with Gasteiger partial charge in [-0.1, -0.05) is 39.0 Å². The molecule has 0 aliphatic heterocycles. The molecular formula is C12H25NaO4S. The van der Waals surface area contributed by atoms with Crippen molar-refractivity contribution in [3.05, 3.63) is 0 Å². The van der Waals surface area contributed by atoms with E-state index in [-0.39, 0.29) is 35.7 Å². The minimum absolute atomic E-state index is 0. The van der Waals surface area contributed by atoms with Crippen LogP contribution in [0.25, 0.3) is 0 Å². The van der Waals surface area contributed by atoms with Gasteiger partial charge in [-0.3, -0.25) is 0 Å². The van der Waals surface area contributed by atoms with Gasteiger partial charge in [-0.2, -0.15) is 0 Å². The Labute approximate surface area is 134 Å². The van der Waals surface area contributed by atoms with Gasteiger partial charge >= 0.3 is 29.6 Å². The molecule has 2 unspecified atom stereocenters. The number of unbranched alkanes of at least 4 members (excludes halogenated alkanes) is 3. The van der Waals surface area contributed by atoms with Gasteiger partial charge in [-0.15, -0.1) is 0 Å². The first kappa shape index (κ1) is 21.2. The van der Waals surface area contributed by atoms with Gasteiger partial charge in [0.1, 0.15) is 0 Å². The fourth-order valence-corrected chi connectivity index (χ4v) is 2.90. The number of rotatable bonds is 10. The normalized spacial score (nSPS) is 14.9. The van der Waals surface area contributed by atoms with Crippen LogP contribution in [0.15, 0.2) is 0 Å². The van der Waals surface area contributed by atoms with Crippen molar-refractivity contribution in [3.63, 3.8) is 0 Å². The summed E-state index contributed by atoms with van der Waals surface area (Å²) in [6.07, 6.45) is 5.88. The molecule has 0 rings (SSSR count). The minimum atomic E-state index is -4.12. The molecule has 2 atom stereocenters. The monoisotopic (exact) mass is 288 g/mol. The van der Waals surface area contributed by atoms with Crippen LogP contribution in [0.2, 0.25) is 0 Å². The molecule has 0 spiro atoms. The van der Waals surface area contributed by atoms with E-state index < -0.39 is 15.4 Å². The topological polar surface area (TPSA) is 77.4 Å². The van der Waals surface area contributed by atoms with E-state index in [9.17, 15) is 13.0 Å². The van der Waals surface area contributed by atoms with E-state index in [4.69, 9.17) is 5.11 Å². The Morgan fingerprint density at radius 1 is 1.06 bits per heavy atom. The second kappa shape index (κ2) is 11.7. The van der Waals surface area contributed by atoms with Crippen molar-refractivity contribution in [3.8, 4) is 0 Å². The second-order valence-electron chi connectivity index (χ2n) is 4.74. The summed E-state index contributed by atoms with van der Waals surface area (Å²) in [5, 5.41) is 8.35. The summed E-state index contributed by atoms with van der Waals surface area (Å²) in [5.74, 6) is 0. The average Bonchev–Trinajstić information content (AvgIpc) is 2.19. The summed E-state index contributed by atoms with van der Waals surface area (Å²) < 4.78 is 32.8. The molecule has 18 heavy (non-hydrogen) atoms. The van der Waals surface area contributed by atoms with Gasteiger partial charge in [0.05, 0.1) is 16.2 Å². The third kappa shape index (κ3) is 11.9. The molecule has 0 saturated heterocycles. The fourth-order valence-electron chi connectivity index (χ4n) is 1.92. The van der Waals surface area contributed by atoms with Crippen LogP contribution in [-0.4, -0.2) is 29.4 Å². The summed E-state index contributed by atoms with van der Waals surface area (Å²) in [6, 6.07) is 0. The molecule has 4 nitrogen and oxygen atoms in total. The van der Waals surface area contributed by atoms with Crippen LogP contribution in [0, 0.1) is 0 Å². The van der Waals surface area contributed by atoms with Gasteiger partial charge in [0.25, 0.3) is 0 Å². The van der Waals surface area contributed by atoms with Gasteiger partial charge in [0.2, 0.25) is 0 Å². The molecular weight excluding hydrogens is 263 g/mol. The molecule has 1 N–H and O–H groups in total. The number of hydrogen-bond donors (Lipinski definition) is 1. The first-order chi connectivity index (χ1) is 7.88. The van der Waals surface area contributed by atoms with Gasteiger partial charge in [0, 0.05) is 5.25 Å². The molecule has 0 heterocycles. The van der Waals surface area contributed by atoms with Crippen LogP contribution < -0.4 is 29.6 Å². The quantitative estimate of drug-likeness (QED) is 0.332. The fraction of sp³-hybridized carbons (Fsp3) is 1.00. The van der Waals surface area contributed by atoms with Crippen molar-refractivity contribution in [1.29, 1.82) is 0 Å². The summed E-state index contributed by atoms with van der Waals surface area (Å²) in [6.45, 7) is 3.65. The molecule has 0 aliphatic carbocycles. The molecule has 0 aromatic heterocycles. The summed E-state index contributed by atoms with van der Waals surface area (Å²) in [4.78, 5) is 0. The molecule has 0 aromatic carbocycles. The average molecular weight is 288 g/mol. The van der Waals surface area contributed by atoms with E-state index in [1.807, 2.05) is 6.92 Å². The maximum Gasteiger partial charge on any atom is 1.00 e. The zero-order valence-corrected chi connectivity index (χ0v) is 14.7. The third-order valence-corrected chi connectivity index (χ3v) is 4.20. The van der Waals surface area contributed by atoms with Crippen molar-refractivity contribution < 1.29 is 47.6 Å². The molecule has 0 bridgehead atoms. The van der Waals surface area contributed by atoms with Crippen molar-refractivity contribution in [2.75, 3.05) is 0 Å². The standard InChI is InChI=1S/C12H26O4S.Na/c1-3-8-12(17(14,15)16)10-7-5-4-6-9-11(2)13;/h11-13H,3-10H2,1-2H3,(H,14,15,16);/q;+1/p-1. The Morgan fingerprint density at radius 3 is 1.94 bits per heavy atom. The van der Waals surface area contributed by atoms with E-state index in [0.717, 1.165) is 38.5 Å². The molecule has 0 aromatic rings. The Hall–Kier alpha value is 0.870. The summed E-state index contributed by atoms with van der Waals surface area (Å²) >= 11 is 0. The van der Waals surface area contributed by atoms with Crippen LogP contribution in [0.5, 0.6) is 0 Å². The van der Waals surface area contributed by atoms with Crippen molar-refractivity contribution in [2.45, 2.75) is 76.6 Å². The van der Waals surface area contributed by atoms with E-state index in [1.54, 1.807) is 6.92 Å².